The number of benzene rings is 1. The largest absolute Gasteiger partial charge is 0.489 e. The highest BCUT2D eigenvalue weighted by atomic mass is 16.5. The topological polar surface area (TPSA) is 39.7 Å². The van der Waals surface area contributed by atoms with E-state index in [2.05, 4.69) is 12.2 Å². The maximum atomic E-state index is 5.88. The molecule has 20 heavy (non-hydrogen) atoms. The van der Waals surface area contributed by atoms with Gasteiger partial charge in [-0.1, -0.05) is 12.1 Å². The SMILES string of the molecule is CCOCCCNCC(C)Oc1cccc(COC)c1. The molecule has 0 spiro atoms. The number of rotatable bonds is 11. The van der Waals surface area contributed by atoms with Gasteiger partial charge >= 0.3 is 0 Å². The summed E-state index contributed by atoms with van der Waals surface area (Å²) in [7, 11) is 1.70. The van der Waals surface area contributed by atoms with Gasteiger partial charge in [0.2, 0.25) is 0 Å². The van der Waals surface area contributed by atoms with E-state index in [1.807, 2.05) is 31.2 Å². The van der Waals surface area contributed by atoms with Crippen LogP contribution in [0.15, 0.2) is 24.3 Å². The molecule has 1 atom stereocenters. The molecule has 0 fully saturated rings. The summed E-state index contributed by atoms with van der Waals surface area (Å²) in [4.78, 5) is 0. The van der Waals surface area contributed by atoms with Crippen molar-refractivity contribution in [2.75, 3.05) is 33.4 Å². The average molecular weight is 281 g/mol. The van der Waals surface area contributed by atoms with Crippen molar-refractivity contribution in [2.45, 2.75) is 33.0 Å². The second-order valence-corrected chi connectivity index (χ2v) is 4.76. The second-order valence-electron chi connectivity index (χ2n) is 4.76. The zero-order valence-corrected chi connectivity index (χ0v) is 12.9. The number of methoxy groups -OCH3 is 1. The molecule has 0 radical (unpaired) electrons. The molecule has 0 saturated carbocycles. The summed E-state index contributed by atoms with van der Waals surface area (Å²) in [6.45, 7) is 8.09. The molecular weight excluding hydrogens is 254 g/mol. The Bertz CT molecular complexity index is 357. The minimum absolute atomic E-state index is 0.139. The number of hydrogen-bond donors (Lipinski definition) is 1. The number of hydrogen-bond acceptors (Lipinski definition) is 4. The number of nitrogens with one attached hydrogen (secondary N) is 1. The molecule has 4 nitrogen and oxygen atoms in total. The predicted molar refractivity (Wildman–Crippen MR) is 81.2 cm³/mol. The normalized spacial score (nSPS) is 12.3. The minimum atomic E-state index is 0.139. The average Bonchev–Trinajstić information content (AvgIpc) is 2.43. The Balaban J connectivity index is 2.21. The lowest BCUT2D eigenvalue weighted by Crippen LogP contribution is -2.30. The Hall–Kier alpha value is -1.10. The summed E-state index contributed by atoms with van der Waals surface area (Å²) >= 11 is 0. The van der Waals surface area contributed by atoms with Crippen molar-refractivity contribution in [2.24, 2.45) is 0 Å². The van der Waals surface area contributed by atoms with Crippen LogP contribution in [0, 0.1) is 0 Å². The smallest absolute Gasteiger partial charge is 0.120 e. The fourth-order valence-corrected chi connectivity index (χ4v) is 1.90. The Morgan fingerprint density at radius 3 is 2.90 bits per heavy atom. The third kappa shape index (κ3) is 7.48. The van der Waals surface area contributed by atoms with Gasteiger partial charge in [0.1, 0.15) is 11.9 Å². The van der Waals surface area contributed by atoms with Crippen LogP contribution < -0.4 is 10.1 Å². The van der Waals surface area contributed by atoms with Gasteiger partial charge in [0.25, 0.3) is 0 Å². The van der Waals surface area contributed by atoms with Gasteiger partial charge in [0, 0.05) is 26.9 Å². The molecule has 1 unspecified atom stereocenters. The molecule has 114 valence electrons. The van der Waals surface area contributed by atoms with Gasteiger partial charge in [-0.15, -0.1) is 0 Å². The summed E-state index contributed by atoms with van der Waals surface area (Å²) in [5, 5.41) is 3.37. The fraction of sp³-hybridized carbons (Fsp3) is 0.625. The zero-order valence-electron chi connectivity index (χ0n) is 12.9. The van der Waals surface area contributed by atoms with E-state index in [4.69, 9.17) is 14.2 Å². The maximum absolute atomic E-state index is 5.88. The highest BCUT2D eigenvalue weighted by Gasteiger charge is 2.04. The van der Waals surface area contributed by atoms with Crippen molar-refractivity contribution in [3.05, 3.63) is 29.8 Å². The lowest BCUT2D eigenvalue weighted by molar-refractivity contribution is 0.143. The molecule has 0 heterocycles. The van der Waals surface area contributed by atoms with Crippen LogP contribution in [-0.4, -0.2) is 39.5 Å². The maximum Gasteiger partial charge on any atom is 0.120 e. The molecule has 0 aliphatic rings. The molecule has 4 heteroatoms. The van der Waals surface area contributed by atoms with Gasteiger partial charge in [0.05, 0.1) is 6.61 Å². The summed E-state index contributed by atoms with van der Waals surface area (Å²) < 4.78 is 16.3. The quantitative estimate of drug-likeness (QED) is 0.633. The summed E-state index contributed by atoms with van der Waals surface area (Å²) in [5.41, 5.74) is 1.13. The molecule has 1 aromatic rings. The predicted octanol–water partition coefficient (Wildman–Crippen LogP) is 2.62. The molecule has 1 N–H and O–H groups in total. The van der Waals surface area contributed by atoms with Gasteiger partial charge in [-0.05, 0) is 44.5 Å². The van der Waals surface area contributed by atoms with E-state index in [9.17, 15) is 0 Å². The molecule has 0 amide bonds. The van der Waals surface area contributed by atoms with Crippen LogP contribution in [-0.2, 0) is 16.1 Å². The first-order valence-electron chi connectivity index (χ1n) is 7.29. The van der Waals surface area contributed by atoms with E-state index in [0.717, 1.165) is 44.0 Å². The highest BCUT2D eigenvalue weighted by Crippen LogP contribution is 2.15. The Labute approximate surface area is 122 Å². The van der Waals surface area contributed by atoms with Crippen LogP contribution in [0.2, 0.25) is 0 Å². The standard InChI is InChI=1S/C16H27NO3/c1-4-19-10-6-9-17-12-14(2)20-16-8-5-7-15(11-16)13-18-3/h5,7-8,11,14,17H,4,6,9-10,12-13H2,1-3H3. The highest BCUT2D eigenvalue weighted by molar-refractivity contribution is 5.28. The fourth-order valence-electron chi connectivity index (χ4n) is 1.90. The van der Waals surface area contributed by atoms with Crippen molar-refractivity contribution in [1.82, 2.24) is 5.32 Å². The summed E-state index contributed by atoms with van der Waals surface area (Å²) in [6, 6.07) is 8.03. The van der Waals surface area contributed by atoms with Gasteiger partial charge in [-0.25, -0.2) is 0 Å². The Kier molecular flexibility index (Phi) is 9.04. The van der Waals surface area contributed by atoms with Crippen molar-refractivity contribution in [3.8, 4) is 5.75 Å². The van der Waals surface area contributed by atoms with Crippen LogP contribution >= 0.6 is 0 Å². The Morgan fingerprint density at radius 2 is 2.15 bits per heavy atom. The first kappa shape index (κ1) is 17.0. The summed E-state index contributed by atoms with van der Waals surface area (Å²) in [6.07, 6.45) is 1.17. The van der Waals surface area contributed by atoms with Crippen molar-refractivity contribution < 1.29 is 14.2 Å². The van der Waals surface area contributed by atoms with Crippen LogP contribution in [0.3, 0.4) is 0 Å². The summed E-state index contributed by atoms with van der Waals surface area (Å²) in [5.74, 6) is 0.892. The molecule has 0 bridgehead atoms. The third-order valence-corrected chi connectivity index (χ3v) is 2.82. The first-order valence-corrected chi connectivity index (χ1v) is 7.29. The van der Waals surface area contributed by atoms with Crippen molar-refractivity contribution in [3.63, 3.8) is 0 Å². The van der Waals surface area contributed by atoms with Crippen LogP contribution in [0.1, 0.15) is 25.8 Å². The zero-order chi connectivity index (χ0) is 14.6. The Morgan fingerprint density at radius 1 is 1.30 bits per heavy atom. The minimum Gasteiger partial charge on any atom is -0.489 e. The van der Waals surface area contributed by atoms with Crippen LogP contribution in [0.4, 0.5) is 0 Å². The van der Waals surface area contributed by atoms with E-state index < -0.39 is 0 Å². The van der Waals surface area contributed by atoms with Crippen LogP contribution in [0.5, 0.6) is 5.75 Å². The lowest BCUT2D eigenvalue weighted by atomic mass is 10.2. The molecular formula is C16H27NO3. The molecule has 0 aromatic heterocycles. The van der Waals surface area contributed by atoms with E-state index in [-0.39, 0.29) is 6.10 Å². The first-order chi connectivity index (χ1) is 9.76. The van der Waals surface area contributed by atoms with E-state index >= 15 is 0 Å². The van der Waals surface area contributed by atoms with Crippen molar-refractivity contribution >= 4 is 0 Å². The van der Waals surface area contributed by atoms with Gasteiger partial charge in [0.15, 0.2) is 0 Å². The molecule has 0 aliphatic heterocycles. The van der Waals surface area contributed by atoms with Gasteiger partial charge in [-0.3, -0.25) is 0 Å². The van der Waals surface area contributed by atoms with Gasteiger partial charge < -0.3 is 19.5 Å². The monoisotopic (exact) mass is 281 g/mol. The second kappa shape index (κ2) is 10.7. The molecule has 0 saturated heterocycles. The van der Waals surface area contributed by atoms with Crippen molar-refractivity contribution in [1.29, 1.82) is 0 Å². The molecule has 1 aromatic carbocycles. The third-order valence-electron chi connectivity index (χ3n) is 2.82. The van der Waals surface area contributed by atoms with E-state index in [0.29, 0.717) is 6.61 Å². The lowest BCUT2D eigenvalue weighted by Gasteiger charge is -2.16. The van der Waals surface area contributed by atoms with E-state index in [1.165, 1.54) is 0 Å². The van der Waals surface area contributed by atoms with E-state index in [1.54, 1.807) is 7.11 Å². The van der Waals surface area contributed by atoms with Crippen LogP contribution in [0.25, 0.3) is 0 Å². The number of ether oxygens (including phenoxy) is 3. The molecule has 0 aliphatic carbocycles. The van der Waals surface area contributed by atoms with Gasteiger partial charge in [-0.2, -0.15) is 0 Å². The molecule has 1 rings (SSSR count).